The molecule has 0 rings (SSSR count). The summed E-state index contributed by atoms with van der Waals surface area (Å²) in [5, 5.41) is 5.53. The van der Waals surface area contributed by atoms with Crippen molar-refractivity contribution >= 4 is 12.2 Å². The van der Waals surface area contributed by atoms with Gasteiger partial charge in [-0.05, 0) is 50.4 Å². The summed E-state index contributed by atoms with van der Waals surface area (Å²) in [5.41, 5.74) is 0. The van der Waals surface area contributed by atoms with Crippen LogP contribution in [0.25, 0.3) is 0 Å². The number of carbonyl (C=O) groups is 2. The third-order valence-electron chi connectivity index (χ3n) is 3.96. The molecule has 0 aliphatic carbocycles. The van der Waals surface area contributed by atoms with Crippen molar-refractivity contribution in [1.82, 2.24) is 10.6 Å². The molecule has 0 saturated carbocycles. The van der Waals surface area contributed by atoms with Crippen LogP contribution in [0, 0.1) is 11.8 Å². The lowest BCUT2D eigenvalue weighted by molar-refractivity contribution is 0.141. The van der Waals surface area contributed by atoms with Gasteiger partial charge < -0.3 is 20.1 Å². The average molecular weight is 373 g/mol. The molecule has 0 fully saturated rings. The second-order valence-corrected chi connectivity index (χ2v) is 7.61. The fourth-order valence-corrected chi connectivity index (χ4v) is 2.40. The average Bonchev–Trinajstić information content (AvgIpc) is 2.57. The zero-order chi connectivity index (χ0) is 19.6. The number of hydrogen-bond donors (Lipinski definition) is 2. The molecule has 0 aliphatic heterocycles. The molecular weight excluding hydrogens is 332 g/mol. The second-order valence-electron chi connectivity index (χ2n) is 7.61. The molecule has 154 valence electrons. The van der Waals surface area contributed by atoms with Crippen molar-refractivity contribution in [1.29, 1.82) is 0 Å². The minimum Gasteiger partial charge on any atom is -0.450 e. The van der Waals surface area contributed by atoms with Crippen LogP contribution in [0.3, 0.4) is 0 Å². The van der Waals surface area contributed by atoms with Crippen LogP contribution in [0.2, 0.25) is 0 Å². The van der Waals surface area contributed by atoms with E-state index in [1.165, 1.54) is 0 Å². The maximum atomic E-state index is 11.4. The van der Waals surface area contributed by atoms with E-state index in [4.69, 9.17) is 9.47 Å². The van der Waals surface area contributed by atoms with E-state index in [1.54, 1.807) is 0 Å². The van der Waals surface area contributed by atoms with Crippen molar-refractivity contribution in [2.75, 3.05) is 26.3 Å². The smallest absolute Gasteiger partial charge is 0.407 e. The molecule has 0 bridgehead atoms. The van der Waals surface area contributed by atoms with E-state index in [0.29, 0.717) is 38.1 Å². The summed E-state index contributed by atoms with van der Waals surface area (Å²) in [7, 11) is 0. The molecule has 6 heteroatoms. The quantitative estimate of drug-likeness (QED) is 0.402. The summed E-state index contributed by atoms with van der Waals surface area (Å²) in [6.07, 6.45) is 7.20. The topological polar surface area (TPSA) is 76.7 Å². The van der Waals surface area contributed by atoms with Gasteiger partial charge in [-0.2, -0.15) is 0 Å². The highest BCUT2D eigenvalue weighted by atomic mass is 16.6. The van der Waals surface area contributed by atoms with Gasteiger partial charge in [0.2, 0.25) is 0 Å². The Bertz CT molecular complexity index is 326. The van der Waals surface area contributed by atoms with Gasteiger partial charge in [-0.1, -0.05) is 40.5 Å². The van der Waals surface area contributed by atoms with Gasteiger partial charge in [0.1, 0.15) is 0 Å². The van der Waals surface area contributed by atoms with E-state index in [9.17, 15) is 9.59 Å². The van der Waals surface area contributed by atoms with E-state index in [2.05, 4.69) is 38.3 Å². The Labute approximate surface area is 159 Å². The number of alkyl carbamates (subject to hydrolysis) is 2. The summed E-state index contributed by atoms with van der Waals surface area (Å²) >= 11 is 0. The number of unbranched alkanes of at least 4 members (excludes halogenated alkanes) is 3. The fraction of sp³-hybridized carbons (Fsp3) is 0.900. The Morgan fingerprint density at radius 2 is 1.04 bits per heavy atom. The lowest BCUT2D eigenvalue weighted by atomic mass is 10.1. The number of ether oxygens (including phenoxy) is 2. The first-order valence-corrected chi connectivity index (χ1v) is 10.2. The van der Waals surface area contributed by atoms with Gasteiger partial charge in [0.25, 0.3) is 0 Å². The van der Waals surface area contributed by atoms with Crippen LogP contribution < -0.4 is 10.6 Å². The SMILES string of the molecule is CC(C)CCCOC(=O)NCCCCCCNC(=O)OCCCC(C)C. The van der Waals surface area contributed by atoms with Gasteiger partial charge in [-0.3, -0.25) is 0 Å². The van der Waals surface area contributed by atoms with Crippen molar-refractivity contribution in [2.24, 2.45) is 11.8 Å². The van der Waals surface area contributed by atoms with E-state index in [0.717, 1.165) is 51.4 Å². The lowest BCUT2D eigenvalue weighted by Gasteiger charge is -2.09. The first-order valence-electron chi connectivity index (χ1n) is 10.2. The molecular formula is C20H40N2O4. The highest BCUT2D eigenvalue weighted by Gasteiger charge is 2.03. The van der Waals surface area contributed by atoms with Crippen LogP contribution in [0.5, 0.6) is 0 Å². The van der Waals surface area contributed by atoms with Gasteiger partial charge in [-0.15, -0.1) is 0 Å². The zero-order valence-electron chi connectivity index (χ0n) is 17.3. The Kier molecular flexibility index (Phi) is 16.0. The van der Waals surface area contributed by atoms with Crippen molar-refractivity contribution in [3.05, 3.63) is 0 Å². The molecule has 0 aliphatic rings. The minimum absolute atomic E-state index is 0.323. The van der Waals surface area contributed by atoms with Crippen LogP contribution in [0.4, 0.5) is 9.59 Å². The normalized spacial score (nSPS) is 10.8. The van der Waals surface area contributed by atoms with E-state index in [-0.39, 0.29) is 12.2 Å². The molecule has 26 heavy (non-hydrogen) atoms. The summed E-state index contributed by atoms with van der Waals surface area (Å²) in [4.78, 5) is 22.9. The molecule has 0 heterocycles. The molecule has 6 nitrogen and oxygen atoms in total. The van der Waals surface area contributed by atoms with Crippen LogP contribution in [0.15, 0.2) is 0 Å². The Balaban J connectivity index is 3.30. The van der Waals surface area contributed by atoms with E-state index >= 15 is 0 Å². The Morgan fingerprint density at radius 3 is 1.38 bits per heavy atom. The molecule has 2 amide bonds. The number of hydrogen-bond acceptors (Lipinski definition) is 4. The van der Waals surface area contributed by atoms with Gasteiger partial charge in [-0.25, -0.2) is 9.59 Å². The summed E-state index contributed by atoms with van der Waals surface area (Å²) < 4.78 is 10.2. The molecule has 2 N–H and O–H groups in total. The van der Waals surface area contributed by atoms with E-state index in [1.807, 2.05) is 0 Å². The summed E-state index contributed by atoms with van der Waals surface area (Å²) in [6.45, 7) is 10.9. The number of nitrogens with one attached hydrogen (secondary N) is 2. The third kappa shape index (κ3) is 18.9. The highest BCUT2D eigenvalue weighted by molar-refractivity contribution is 5.67. The maximum absolute atomic E-state index is 11.4. The monoisotopic (exact) mass is 372 g/mol. The van der Waals surface area contributed by atoms with Crippen molar-refractivity contribution in [3.63, 3.8) is 0 Å². The van der Waals surface area contributed by atoms with Gasteiger partial charge in [0.05, 0.1) is 13.2 Å². The number of carbonyl (C=O) groups excluding carboxylic acids is 2. The van der Waals surface area contributed by atoms with Crippen LogP contribution in [0.1, 0.15) is 79.1 Å². The third-order valence-corrected chi connectivity index (χ3v) is 3.96. The second kappa shape index (κ2) is 17.0. The molecule has 0 atom stereocenters. The number of amides is 2. The molecule has 0 radical (unpaired) electrons. The first-order chi connectivity index (χ1) is 12.4. The molecule has 0 aromatic heterocycles. The molecule has 0 unspecified atom stereocenters. The van der Waals surface area contributed by atoms with Crippen LogP contribution in [-0.4, -0.2) is 38.5 Å². The largest absolute Gasteiger partial charge is 0.450 e. The Hall–Kier alpha value is -1.46. The lowest BCUT2D eigenvalue weighted by Crippen LogP contribution is -2.26. The predicted molar refractivity (Wildman–Crippen MR) is 105 cm³/mol. The minimum atomic E-state index is -0.323. The maximum Gasteiger partial charge on any atom is 0.407 e. The van der Waals surface area contributed by atoms with Crippen molar-refractivity contribution < 1.29 is 19.1 Å². The standard InChI is InChI=1S/C20H40N2O4/c1-17(2)11-9-15-25-19(23)21-13-7-5-6-8-14-22-20(24)26-16-10-12-18(3)4/h17-18H,5-16H2,1-4H3,(H,21,23)(H,22,24). The van der Waals surface area contributed by atoms with Gasteiger partial charge in [0, 0.05) is 13.1 Å². The number of rotatable bonds is 15. The van der Waals surface area contributed by atoms with Crippen molar-refractivity contribution in [2.45, 2.75) is 79.1 Å². The molecule has 0 aromatic carbocycles. The molecule has 0 aromatic rings. The predicted octanol–water partition coefficient (Wildman–Crippen LogP) is 4.87. The van der Waals surface area contributed by atoms with Crippen LogP contribution in [-0.2, 0) is 9.47 Å². The highest BCUT2D eigenvalue weighted by Crippen LogP contribution is 2.04. The van der Waals surface area contributed by atoms with Crippen molar-refractivity contribution in [3.8, 4) is 0 Å². The molecule has 0 saturated heterocycles. The van der Waals surface area contributed by atoms with Gasteiger partial charge in [0.15, 0.2) is 0 Å². The van der Waals surface area contributed by atoms with Crippen LogP contribution >= 0.6 is 0 Å². The summed E-state index contributed by atoms with van der Waals surface area (Å²) in [6, 6.07) is 0. The fourth-order valence-electron chi connectivity index (χ4n) is 2.40. The van der Waals surface area contributed by atoms with E-state index < -0.39 is 0 Å². The first kappa shape index (κ1) is 24.5. The van der Waals surface area contributed by atoms with Gasteiger partial charge >= 0.3 is 12.2 Å². The summed E-state index contributed by atoms with van der Waals surface area (Å²) in [5.74, 6) is 1.28. The molecule has 0 spiro atoms. The Morgan fingerprint density at radius 1 is 0.654 bits per heavy atom. The zero-order valence-corrected chi connectivity index (χ0v) is 17.3.